The maximum absolute atomic E-state index is 12.6. The van der Waals surface area contributed by atoms with Crippen LogP contribution in [-0.4, -0.2) is 17.6 Å². The molecule has 0 aliphatic rings. The Morgan fingerprint density at radius 3 is 2.35 bits per heavy atom. The monoisotopic (exact) mass is 266 g/mol. The predicted octanol–water partition coefficient (Wildman–Crippen LogP) is 3.99. The Bertz CT molecular complexity index is 391. The first kappa shape index (κ1) is 14.1. The smallest absolute Gasteiger partial charge is 0.354 e. The van der Waals surface area contributed by atoms with Crippen LogP contribution in [0, 0.1) is 0 Å². The number of pyridine rings is 1. The largest absolute Gasteiger partial charge is 0.416 e. The van der Waals surface area contributed by atoms with Gasteiger partial charge in [-0.25, -0.2) is 4.98 Å². The summed E-state index contributed by atoms with van der Waals surface area (Å²) in [4.78, 5) is 5.68. The second-order valence-electron chi connectivity index (χ2n) is 3.91. The normalized spacial score (nSPS) is 12.0. The summed E-state index contributed by atoms with van der Waals surface area (Å²) in [5.41, 5.74) is -0.772. The molecular formula is C11H14ClF3N2. The highest BCUT2D eigenvalue weighted by Gasteiger charge is 2.32. The zero-order chi connectivity index (χ0) is 13.2. The van der Waals surface area contributed by atoms with Crippen LogP contribution in [0.2, 0.25) is 5.15 Å². The minimum Gasteiger partial charge on any atom is -0.354 e. The molecule has 1 aromatic rings. The molecule has 0 saturated heterocycles. The van der Waals surface area contributed by atoms with E-state index in [4.69, 9.17) is 11.6 Å². The second kappa shape index (κ2) is 5.12. The van der Waals surface area contributed by atoms with Crippen molar-refractivity contribution in [3.63, 3.8) is 0 Å². The molecule has 96 valence electrons. The molecule has 0 spiro atoms. The third-order valence-corrected chi connectivity index (χ3v) is 2.56. The minimum absolute atomic E-state index is 0.0621. The van der Waals surface area contributed by atoms with Crippen LogP contribution in [0.1, 0.15) is 26.3 Å². The fourth-order valence-corrected chi connectivity index (χ4v) is 1.79. The van der Waals surface area contributed by atoms with Crippen LogP contribution in [0.3, 0.4) is 0 Å². The van der Waals surface area contributed by atoms with Crippen molar-refractivity contribution in [2.45, 2.75) is 33.0 Å². The number of nitrogens with zero attached hydrogens (tertiary/aromatic N) is 2. The van der Waals surface area contributed by atoms with Crippen LogP contribution in [0.15, 0.2) is 12.1 Å². The van der Waals surface area contributed by atoms with E-state index in [1.807, 2.05) is 20.8 Å². The SMILES string of the molecule is CCN(c1cc(C(F)(F)F)cc(Cl)n1)C(C)C. The number of rotatable bonds is 3. The van der Waals surface area contributed by atoms with Crippen molar-refractivity contribution >= 4 is 17.4 Å². The molecule has 0 atom stereocenters. The average molecular weight is 267 g/mol. The lowest BCUT2D eigenvalue weighted by atomic mass is 10.2. The van der Waals surface area contributed by atoms with Crippen LogP contribution in [-0.2, 0) is 6.18 Å². The summed E-state index contributed by atoms with van der Waals surface area (Å²) in [6, 6.07) is 1.92. The molecule has 1 heterocycles. The summed E-state index contributed by atoms with van der Waals surface area (Å²) >= 11 is 5.62. The topological polar surface area (TPSA) is 16.1 Å². The Labute approximate surface area is 103 Å². The fourth-order valence-electron chi connectivity index (χ4n) is 1.59. The van der Waals surface area contributed by atoms with Gasteiger partial charge in [-0.3, -0.25) is 0 Å². The molecule has 0 N–H and O–H groups in total. The molecule has 0 aliphatic carbocycles. The Kier molecular flexibility index (Phi) is 4.25. The van der Waals surface area contributed by atoms with Gasteiger partial charge in [-0.2, -0.15) is 13.2 Å². The third-order valence-electron chi connectivity index (χ3n) is 2.37. The summed E-state index contributed by atoms with van der Waals surface area (Å²) < 4.78 is 37.8. The summed E-state index contributed by atoms with van der Waals surface area (Å²) in [7, 11) is 0. The highest BCUT2D eigenvalue weighted by molar-refractivity contribution is 6.29. The maximum atomic E-state index is 12.6. The van der Waals surface area contributed by atoms with E-state index in [-0.39, 0.29) is 17.0 Å². The van der Waals surface area contributed by atoms with Crippen molar-refractivity contribution in [1.29, 1.82) is 0 Å². The van der Waals surface area contributed by atoms with Gasteiger partial charge in [0.15, 0.2) is 0 Å². The number of hydrogen-bond acceptors (Lipinski definition) is 2. The molecule has 2 nitrogen and oxygen atoms in total. The Balaban J connectivity index is 3.21. The van der Waals surface area contributed by atoms with Crippen molar-refractivity contribution in [2.75, 3.05) is 11.4 Å². The van der Waals surface area contributed by atoms with E-state index in [0.29, 0.717) is 6.54 Å². The van der Waals surface area contributed by atoms with Crippen molar-refractivity contribution < 1.29 is 13.2 Å². The first-order valence-corrected chi connectivity index (χ1v) is 5.65. The highest BCUT2D eigenvalue weighted by atomic mass is 35.5. The van der Waals surface area contributed by atoms with Crippen LogP contribution in [0.25, 0.3) is 0 Å². The summed E-state index contributed by atoms with van der Waals surface area (Å²) in [6.45, 7) is 6.21. The third kappa shape index (κ3) is 3.49. The van der Waals surface area contributed by atoms with Gasteiger partial charge in [-0.1, -0.05) is 11.6 Å². The maximum Gasteiger partial charge on any atom is 0.416 e. The number of aromatic nitrogens is 1. The van der Waals surface area contributed by atoms with Crippen molar-refractivity contribution in [2.24, 2.45) is 0 Å². The summed E-state index contributed by atoms with van der Waals surface area (Å²) in [6.07, 6.45) is -4.41. The standard InChI is InChI=1S/C11H14ClF3N2/c1-4-17(7(2)3)10-6-8(11(13,14)15)5-9(12)16-10/h5-7H,4H2,1-3H3. The van der Waals surface area contributed by atoms with Gasteiger partial charge in [-0.15, -0.1) is 0 Å². The van der Waals surface area contributed by atoms with Gasteiger partial charge in [0.1, 0.15) is 11.0 Å². The van der Waals surface area contributed by atoms with E-state index in [1.165, 1.54) is 0 Å². The Morgan fingerprint density at radius 1 is 1.35 bits per heavy atom. The lowest BCUT2D eigenvalue weighted by Crippen LogP contribution is -2.31. The lowest BCUT2D eigenvalue weighted by Gasteiger charge is -2.27. The Hall–Kier alpha value is -0.970. The first-order chi connectivity index (χ1) is 7.75. The Morgan fingerprint density at radius 2 is 1.94 bits per heavy atom. The van der Waals surface area contributed by atoms with Gasteiger partial charge in [0.05, 0.1) is 5.56 Å². The molecule has 17 heavy (non-hydrogen) atoms. The number of halogens is 4. The quantitative estimate of drug-likeness (QED) is 0.769. The average Bonchev–Trinajstić information content (AvgIpc) is 2.15. The first-order valence-electron chi connectivity index (χ1n) is 5.27. The van der Waals surface area contributed by atoms with Gasteiger partial charge < -0.3 is 4.90 Å². The number of anilines is 1. The molecule has 0 fully saturated rings. The van der Waals surface area contributed by atoms with Crippen LogP contribution >= 0.6 is 11.6 Å². The predicted molar refractivity (Wildman–Crippen MR) is 62.4 cm³/mol. The van der Waals surface area contributed by atoms with Crippen LogP contribution < -0.4 is 4.90 Å². The minimum atomic E-state index is -4.41. The second-order valence-corrected chi connectivity index (χ2v) is 4.30. The molecule has 0 unspecified atom stereocenters. The van der Waals surface area contributed by atoms with Crippen molar-refractivity contribution in [1.82, 2.24) is 4.98 Å². The van der Waals surface area contributed by atoms with E-state index >= 15 is 0 Å². The van der Waals surface area contributed by atoms with E-state index in [2.05, 4.69) is 4.98 Å². The van der Waals surface area contributed by atoms with Crippen molar-refractivity contribution in [3.05, 3.63) is 22.8 Å². The van der Waals surface area contributed by atoms with Crippen LogP contribution in [0.4, 0.5) is 19.0 Å². The molecular weight excluding hydrogens is 253 g/mol. The fraction of sp³-hybridized carbons (Fsp3) is 0.545. The summed E-state index contributed by atoms with van der Waals surface area (Å²) in [5.74, 6) is 0.252. The highest BCUT2D eigenvalue weighted by Crippen LogP contribution is 2.33. The molecule has 6 heteroatoms. The number of alkyl halides is 3. The van der Waals surface area contributed by atoms with E-state index in [9.17, 15) is 13.2 Å². The molecule has 0 bridgehead atoms. The van der Waals surface area contributed by atoms with Gasteiger partial charge in [0.25, 0.3) is 0 Å². The molecule has 1 rings (SSSR count). The van der Waals surface area contributed by atoms with Crippen molar-refractivity contribution in [3.8, 4) is 0 Å². The molecule has 0 saturated carbocycles. The molecule has 0 aliphatic heterocycles. The van der Waals surface area contributed by atoms with Gasteiger partial charge >= 0.3 is 6.18 Å². The number of hydrogen-bond donors (Lipinski definition) is 0. The zero-order valence-corrected chi connectivity index (χ0v) is 10.6. The van der Waals surface area contributed by atoms with Gasteiger partial charge in [0, 0.05) is 12.6 Å². The van der Waals surface area contributed by atoms with Crippen LogP contribution in [0.5, 0.6) is 0 Å². The molecule has 0 amide bonds. The lowest BCUT2D eigenvalue weighted by molar-refractivity contribution is -0.137. The molecule has 1 aromatic heterocycles. The van der Waals surface area contributed by atoms with E-state index in [0.717, 1.165) is 12.1 Å². The summed E-state index contributed by atoms with van der Waals surface area (Å²) in [5, 5.41) is -0.145. The molecule has 0 aromatic carbocycles. The van der Waals surface area contributed by atoms with Gasteiger partial charge in [0.2, 0.25) is 0 Å². The van der Waals surface area contributed by atoms with E-state index in [1.54, 1.807) is 4.90 Å². The molecule has 0 radical (unpaired) electrons. The zero-order valence-electron chi connectivity index (χ0n) is 9.85. The van der Waals surface area contributed by atoms with Gasteiger partial charge in [-0.05, 0) is 32.9 Å². The van der Waals surface area contributed by atoms with E-state index < -0.39 is 11.7 Å².